The first-order chi connectivity index (χ1) is 10.8. The van der Waals surface area contributed by atoms with Gasteiger partial charge in [-0.3, -0.25) is 9.69 Å². The van der Waals surface area contributed by atoms with Crippen LogP contribution in [0.1, 0.15) is 6.42 Å². The molecule has 8 nitrogen and oxygen atoms in total. The quantitative estimate of drug-likeness (QED) is 0.479. The summed E-state index contributed by atoms with van der Waals surface area (Å²) in [5, 5.41) is 11.5. The Labute approximate surface area is 138 Å². The fraction of sp³-hybridized carbons (Fsp3) is 0.643. The number of urea groups is 1. The Morgan fingerprint density at radius 2 is 2.04 bits per heavy atom. The number of β-lactam (4-membered cyclic amide) rings is 1. The van der Waals surface area contributed by atoms with E-state index in [2.05, 4.69) is 0 Å². The van der Waals surface area contributed by atoms with Crippen molar-refractivity contribution in [2.75, 3.05) is 45.5 Å². The zero-order valence-electron chi connectivity index (χ0n) is 13.0. The molecule has 0 bridgehead atoms. The van der Waals surface area contributed by atoms with E-state index in [9.17, 15) is 19.5 Å². The number of thioether (sulfide) groups is 1. The summed E-state index contributed by atoms with van der Waals surface area (Å²) < 4.78 is 0.628. The van der Waals surface area contributed by atoms with Crippen LogP contribution in [0.2, 0.25) is 0 Å². The zero-order valence-corrected chi connectivity index (χ0v) is 13.8. The lowest BCUT2D eigenvalue weighted by atomic mass is 10.1. The highest BCUT2D eigenvalue weighted by atomic mass is 32.2. The van der Waals surface area contributed by atoms with E-state index in [1.165, 1.54) is 4.90 Å². The molecule has 0 aliphatic carbocycles. The van der Waals surface area contributed by atoms with Crippen molar-refractivity contribution in [3.8, 4) is 0 Å². The van der Waals surface area contributed by atoms with Crippen molar-refractivity contribution in [2.24, 2.45) is 5.73 Å². The Hall–Kier alpha value is -1.74. The fourth-order valence-electron chi connectivity index (χ4n) is 3.38. The molecule has 2 fully saturated rings. The molecular weight excluding hydrogens is 320 g/mol. The summed E-state index contributed by atoms with van der Waals surface area (Å²) in [5.74, 6) is -0.827. The first-order valence-corrected chi connectivity index (χ1v) is 8.60. The number of hydrogen-bond donors (Lipinski definition) is 1. The van der Waals surface area contributed by atoms with Crippen molar-refractivity contribution in [3.05, 3.63) is 11.3 Å². The standard InChI is InChI=1S/C14H20N4O4S/c1-18(4-2-16(3-5-18)14(15)22)7-9-8-23-11-6-10(19)17(11)12(9)13(20)21/h11H,2-8H2,1H3,(H2-,15,20,21,22). The maximum Gasteiger partial charge on any atom is 0.315 e. The molecule has 1 unspecified atom stereocenters. The number of aliphatic carboxylic acids is 1. The molecule has 0 spiro atoms. The summed E-state index contributed by atoms with van der Waals surface area (Å²) >= 11 is 1.60. The van der Waals surface area contributed by atoms with Gasteiger partial charge in [-0.1, -0.05) is 0 Å². The third-order valence-corrected chi connectivity index (χ3v) is 6.11. The predicted octanol–water partition coefficient (Wildman–Crippen LogP) is -1.86. The number of nitrogens with two attached hydrogens (primary N) is 1. The molecule has 1 atom stereocenters. The maximum atomic E-state index is 11.7. The van der Waals surface area contributed by atoms with Gasteiger partial charge in [-0.2, -0.15) is 0 Å². The van der Waals surface area contributed by atoms with Crippen LogP contribution in [0.4, 0.5) is 4.79 Å². The number of carbonyl (C=O) groups is 3. The lowest BCUT2D eigenvalue weighted by Crippen LogP contribution is -2.61. The van der Waals surface area contributed by atoms with Crippen LogP contribution in [0.3, 0.4) is 0 Å². The van der Waals surface area contributed by atoms with Gasteiger partial charge in [0.2, 0.25) is 5.91 Å². The maximum absolute atomic E-state index is 11.7. The van der Waals surface area contributed by atoms with Gasteiger partial charge in [0, 0.05) is 11.3 Å². The van der Waals surface area contributed by atoms with Crippen molar-refractivity contribution in [1.29, 1.82) is 0 Å². The number of fused-ring (bicyclic) bond motifs is 1. The van der Waals surface area contributed by atoms with Gasteiger partial charge in [-0.05, 0) is 0 Å². The summed E-state index contributed by atoms with van der Waals surface area (Å²) in [6, 6.07) is -0.423. The van der Waals surface area contributed by atoms with E-state index in [0.29, 0.717) is 49.4 Å². The lowest BCUT2D eigenvalue weighted by Gasteiger charge is -2.48. The molecule has 2 N–H and O–H groups in total. The van der Waals surface area contributed by atoms with Crippen LogP contribution in [0.15, 0.2) is 11.3 Å². The largest absolute Gasteiger partial charge is 0.543 e. The second-order valence-corrected chi connectivity index (χ2v) is 7.69. The van der Waals surface area contributed by atoms with Crippen LogP contribution in [0.5, 0.6) is 0 Å². The Morgan fingerprint density at radius 3 is 2.57 bits per heavy atom. The second kappa shape index (κ2) is 5.72. The first kappa shape index (κ1) is 16.1. The van der Waals surface area contributed by atoms with Crippen LogP contribution in [-0.2, 0) is 9.59 Å². The molecule has 23 heavy (non-hydrogen) atoms. The van der Waals surface area contributed by atoms with Crippen LogP contribution in [0, 0.1) is 0 Å². The van der Waals surface area contributed by atoms with Crippen molar-refractivity contribution >= 4 is 29.7 Å². The van der Waals surface area contributed by atoms with Gasteiger partial charge in [0.05, 0.1) is 56.7 Å². The first-order valence-electron chi connectivity index (χ1n) is 7.56. The van der Waals surface area contributed by atoms with Gasteiger partial charge in [0.25, 0.3) is 0 Å². The Kier molecular flexibility index (Phi) is 4.01. The number of rotatable bonds is 3. The van der Waals surface area contributed by atoms with E-state index >= 15 is 0 Å². The monoisotopic (exact) mass is 340 g/mol. The number of quaternary nitrogens is 1. The zero-order chi connectivity index (χ0) is 16.8. The van der Waals surface area contributed by atoms with E-state index in [-0.39, 0.29) is 17.0 Å². The van der Waals surface area contributed by atoms with E-state index in [1.54, 1.807) is 16.7 Å². The van der Waals surface area contributed by atoms with Gasteiger partial charge < -0.3 is 25.0 Å². The van der Waals surface area contributed by atoms with E-state index in [0.717, 1.165) is 5.57 Å². The number of carboxylic acid groups (broad SMARTS) is 1. The predicted molar refractivity (Wildman–Crippen MR) is 81.7 cm³/mol. The summed E-state index contributed by atoms with van der Waals surface area (Å²) in [6.45, 7) is 3.05. The number of carbonyl (C=O) groups excluding carboxylic acids is 3. The minimum atomic E-state index is -1.28. The molecule has 3 aliphatic rings. The highest BCUT2D eigenvalue weighted by Gasteiger charge is 2.44. The van der Waals surface area contributed by atoms with Crippen LogP contribution < -0.4 is 10.8 Å². The number of piperazine rings is 1. The molecule has 9 heteroatoms. The second-order valence-electron chi connectivity index (χ2n) is 6.52. The summed E-state index contributed by atoms with van der Waals surface area (Å²) in [4.78, 5) is 37.5. The lowest BCUT2D eigenvalue weighted by molar-refractivity contribution is -0.908. The average Bonchev–Trinajstić information content (AvgIpc) is 2.47. The summed E-state index contributed by atoms with van der Waals surface area (Å²) in [5.41, 5.74) is 6.10. The van der Waals surface area contributed by atoms with Crippen molar-refractivity contribution in [2.45, 2.75) is 11.8 Å². The van der Waals surface area contributed by atoms with E-state index in [4.69, 9.17) is 5.73 Å². The Bertz CT molecular complexity index is 598. The Balaban J connectivity index is 1.77. The topological polar surface area (TPSA) is 107 Å². The number of hydrogen-bond acceptors (Lipinski definition) is 5. The van der Waals surface area contributed by atoms with E-state index in [1.807, 2.05) is 7.05 Å². The number of amides is 3. The minimum Gasteiger partial charge on any atom is -0.543 e. The average molecular weight is 340 g/mol. The normalized spacial score (nSPS) is 26.7. The van der Waals surface area contributed by atoms with Crippen LogP contribution in [0.25, 0.3) is 0 Å². The fourth-order valence-corrected chi connectivity index (χ4v) is 4.63. The van der Waals surface area contributed by atoms with Gasteiger partial charge >= 0.3 is 6.03 Å². The summed E-state index contributed by atoms with van der Waals surface area (Å²) in [6.07, 6.45) is 0.397. The Morgan fingerprint density at radius 1 is 1.39 bits per heavy atom. The molecule has 3 amide bonds. The van der Waals surface area contributed by atoms with Crippen molar-refractivity contribution < 1.29 is 24.0 Å². The SMILES string of the molecule is C[N+]1(CC2=C(C(=O)[O-])N3C(=O)CC3SC2)CCN(C(N)=O)CC1. The molecule has 2 saturated heterocycles. The van der Waals surface area contributed by atoms with Crippen molar-refractivity contribution in [3.63, 3.8) is 0 Å². The van der Waals surface area contributed by atoms with Gasteiger partial charge in [0.15, 0.2) is 0 Å². The third kappa shape index (κ3) is 2.90. The number of primary amides is 1. The van der Waals surface area contributed by atoms with Crippen molar-refractivity contribution in [1.82, 2.24) is 9.80 Å². The smallest absolute Gasteiger partial charge is 0.315 e. The van der Waals surface area contributed by atoms with Crippen LogP contribution in [-0.4, -0.2) is 83.1 Å². The molecule has 3 rings (SSSR count). The summed E-state index contributed by atoms with van der Waals surface area (Å²) in [7, 11) is 2.03. The number of carboxylic acids is 1. The molecule has 0 saturated carbocycles. The third-order valence-electron chi connectivity index (χ3n) is 4.83. The highest BCUT2D eigenvalue weighted by Crippen LogP contribution is 2.40. The molecule has 0 radical (unpaired) electrons. The molecule has 0 aromatic carbocycles. The van der Waals surface area contributed by atoms with Crippen LogP contribution >= 0.6 is 11.8 Å². The molecule has 3 heterocycles. The number of likely N-dealkylation sites (N-methyl/N-ethyl adjacent to an activating group) is 1. The molecule has 0 aromatic rings. The van der Waals surface area contributed by atoms with E-state index < -0.39 is 12.0 Å². The highest BCUT2D eigenvalue weighted by molar-refractivity contribution is 8.00. The molecule has 0 aromatic heterocycles. The van der Waals surface area contributed by atoms with Gasteiger partial charge in [-0.15, -0.1) is 11.8 Å². The minimum absolute atomic E-state index is 0.0571. The molecule has 126 valence electrons. The molecule has 3 aliphatic heterocycles. The molecular formula is C14H20N4O4S. The van der Waals surface area contributed by atoms with Gasteiger partial charge in [0.1, 0.15) is 6.54 Å². The van der Waals surface area contributed by atoms with Gasteiger partial charge in [-0.25, -0.2) is 4.79 Å². The number of nitrogens with zero attached hydrogens (tertiary/aromatic N) is 3.